The van der Waals surface area contributed by atoms with Gasteiger partial charge in [-0.05, 0) is 50.3 Å². The second-order valence-electron chi connectivity index (χ2n) is 7.11. The van der Waals surface area contributed by atoms with Gasteiger partial charge in [0.1, 0.15) is 5.82 Å². The number of guanidine groups is 1. The Kier molecular flexibility index (Phi) is 9.25. The molecule has 2 saturated heterocycles. The van der Waals surface area contributed by atoms with Gasteiger partial charge in [-0.1, -0.05) is 12.1 Å². The van der Waals surface area contributed by atoms with Crippen LogP contribution in [0.2, 0.25) is 0 Å². The molecule has 1 aromatic carbocycles. The smallest absolute Gasteiger partial charge is 0.191 e. The van der Waals surface area contributed by atoms with Crippen LogP contribution >= 0.6 is 24.0 Å². The van der Waals surface area contributed by atoms with Gasteiger partial charge in [-0.3, -0.25) is 4.99 Å². The SMILES string of the molecule is CCNC(=NCC1(c2ccc(F)cc2)CCOCC1)NCC1CCCO1.I. The fraction of sp³-hybridized carbons (Fsp3) is 0.650. The predicted molar refractivity (Wildman–Crippen MR) is 117 cm³/mol. The maximum atomic E-state index is 13.4. The molecule has 27 heavy (non-hydrogen) atoms. The standard InChI is InChI=1S/C20H30FN3O2.HI/c1-2-22-19(23-14-18-4-3-11-26-18)24-15-20(9-12-25-13-10-20)16-5-7-17(21)8-6-16;/h5-8,18H,2-4,9-15H2,1H3,(H2,22,23,24);1H. The highest BCUT2D eigenvalue weighted by Crippen LogP contribution is 2.35. The summed E-state index contributed by atoms with van der Waals surface area (Å²) in [5.74, 6) is 0.613. The number of nitrogens with zero attached hydrogens (tertiary/aromatic N) is 1. The van der Waals surface area contributed by atoms with Crippen molar-refractivity contribution in [3.8, 4) is 0 Å². The van der Waals surface area contributed by atoms with Gasteiger partial charge in [0.25, 0.3) is 0 Å². The first kappa shape index (κ1) is 22.4. The van der Waals surface area contributed by atoms with Crippen molar-refractivity contribution in [3.63, 3.8) is 0 Å². The highest BCUT2D eigenvalue weighted by atomic mass is 127. The number of ether oxygens (including phenoxy) is 2. The lowest BCUT2D eigenvalue weighted by Gasteiger charge is -2.36. The Morgan fingerprint density at radius 1 is 1.19 bits per heavy atom. The van der Waals surface area contributed by atoms with Crippen molar-refractivity contribution in [2.24, 2.45) is 4.99 Å². The third-order valence-corrected chi connectivity index (χ3v) is 5.31. The molecule has 1 unspecified atom stereocenters. The molecule has 0 bridgehead atoms. The summed E-state index contributed by atoms with van der Waals surface area (Å²) in [5, 5.41) is 6.72. The average molecular weight is 491 g/mol. The normalized spacial score (nSPS) is 22.1. The molecular formula is C20H31FIN3O2. The molecular weight excluding hydrogens is 460 g/mol. The first-order valence-corrected chi connectivity index (χ1v) is 9.69. The van der Waals surface area contributed by atoms with Gasteiger partial charge < -0.3 is 20.1 Å². The van der Waals surface area contributed by atoms with Gasteiger partial charge in [0.05, 0.1) is 12.6 Å². The molecule has 2 aliphatic heterocycles. The molecule has 7 heteroatoms. The molecule has 0 aromatic heterocycles. The van der Waals surface area contributed by atoms with Crippen molar-refractivity contribution in [1.82, 2.24) is 10.6 Å². The van der Waals surface area contributed by atoms with Gasteiger partial charge in [0.2, 0.25) is 0 Å². The maximum Gasteiger partial charge on any atom is 0.191 e. The van der Waals surface area contributed by atoms with E-state index in [0.29, 0.717) is 19.8 Å². The zero-order valence-electron chi connectivity index (χ0n) is 16.0. The minimum Gasteiger partial charge on any atom is -0.381 e. The summed E-state index contributed by atoms with van der Waals surface area (Å²) in [6.07, 6.45) is 4.30. The molecule has 2 N–H and O–H groups in total. The van der Waals surface area contributed by atoms with Crippen LogP contribution in [0.4, 0.5) is 4.39 Å². The largest absolute Gasteiger partial charge is 0.381 e. The Hall–Kier alpha value is -0.930. The van der Waals surface area contributed by atoms with Crippen LogP contribution in [0.5, 0.6) is 0 Å². The van der Waals surface area contributed by atoms with Crippen LogP contribution in [-0.4, -0.2) is 51.5 Å². The van der Waals surface area contributed by atoms with Crippen molar-refractivity contribution in [3.05, 3.63) is 35.6 Å². The van der Waals surface area contributed by atoms with Crippen molar-refractivity contribution in [2.45, 2.75) is 44.1 Å². The van der Waals surface area contributed by atoms with E-state index < -0.39 is 0 Å². The van der Waals surface area contributed by atoms with E-state index in [1.165, 1.54) is 12.1 Å². The summed E-state index contributed by atoms with van der Waals surface area (Å²) >= 11 is 0. The first-order valence-electron chi connectivity index (χ1n) is 9.69. The number of benzene rings is 1. The fourth-order valence-electron chi connectivity index (χ4n) is 3.69. The summed E-state index contributed by atoms with van der Waals surface area (Å²) in [6.45, 7) is 6.59. The lowest BCUT2D eigenvalue weighted by atomic mass is 9.74. The predicted octanol–water partition coefficient (Wildman–Crippen LogP) is 3.23. The monoisotopic (exact) mass is 491 g/mol. The Morgan fingerprint density at radius 2 is 1.93 bits per heavy atom. The molecule has 0 saturated carbocycles. The topological polar surface area (TPSA) is 54.9 Å². The number of hydrogen-bond acceptors (Lipinski definition) is 3. The number of nitrogens with one attached hydrogen (secondary N) is 2. The third-order valence-electron chi connectivity index (χ3n) is 5.31. The zero-order valence-corrected chi connectivity index (χ0v) is 18.3. The number of hydrogen-bond donors (Lipinski definition) is 2. The van der Waals surface area contributed by atoms with E-state index in [9.17, 15) is 4.39 Å². The molecule has 0 radical (unpaired) electrons. The Bertz CT molecular complexity index is 585. The summed E-state index contributed by atoms with van der Waals surface area (Å²) in [4.78, 5) is 4.86. The fourth-order valence-corrected chi connectivity index (χ4v) is 3.69. The van der Waals surface area contributed by atoms with E-state index in [-0.39, 0.29) is 41.3 Å². The lowest BCUT2D eigenvalue weighted by molar-refractivity contribution is 0.0530. The summed E-state index contributed by atoms with van der Waals surface area (Å²) in [6, 6.07) is 6.86. The van der Waals surface area contributed by atoms with Crippen LogP contribution < -0.4 is 10.6 Å². The number of rotatable bonds is 6. The zero-order chi connectivity index (χ0) is 18.2. The van der Waals surface area contributed by atoms with Crippen molar-refractivity contribution < 1.29 is 13.9 Å². The van der Waals surface area contributed by atoms with Crippen molar-refractivity contribution in [2.75, 3.05) is 39.5 Å². The molecule has 0 amide bonds. The van der Waals surface area contributed by atoms with E-state index in [0.717, 1.165) is 56.9 Å². The molecule has 3 rings (SSSR count). The highest BCUT2D eigenvalue weighted by Gasteiger charge is 2.34. The van der Waals surface area contributed by atoms with Crippen LogP contribution in [0.3, 0.4) is 0 Å². The van der Waals surface area contributed by atoms with Crippen LogP contribution in [0.25, 0.3) is 0 Å². The van der Waals surface area contributed by atoms with E-state index in [2.05, 4.69) is 17.6 Å². The quantitative estimate of drug-likeness (QED) is 0.365. The van der Waals surface area contributed by atoms with Crippen molar-refractivity contribution >= 4 is 29.9 Å². The number of aliphatic imine (C=N–C) groups is 1. The van der Waals surface area contributed by atoms with Gasteiger partial charge in [-0.25, -0.2) is 4.39 Å². The van der Waals surface area contributed by atoms with Gasteiger partial charge in [-0.2, -0.15) is 0 Å². The van der Waals surface area contributed by atoms with E-state index in [1.54, 1.807) is 0 Å². The Labute approximate surface area is 178 Å². The third kappa shape index (κ3) is 6.29. The summed E-state index contributed by atoms with van der Waals surface area (Å²) in [7, 11) is 0. The van der Waals surface area contributed by atoms with Crippen LogP contribution in [-0.2, 0) is 14.9 Å². The molecule has 1 atom stereocenters. The van der Waals surface area contributed by atoms with Crippen LogP contribution in [0, 0.1) is 5.82 Å². The van der Waals surface area contributed by atoms with Crippen molar-refractivity contribution in [1.29, 1.82) is 0 Å². The second-order valence-corrected chi connectivity index (χ2v) is 7.11. The molecule has 2 fully saturated rings. The van der Waals surface area contributed by atoms with Gasteiger partial charge >= 0.3 is 0 Å². The molecule has 5 nitrogen and oxygen atoms in total. The molecule has 1 aromatic rings. The van der Waals surface area contributed by atoms with Gasteiger partial charge in [0, 0.05) is 38.3 Å². The molecule has 0 spiro atoms. The lowest BCUT2D eigenvalue weighted by Crippen LogP contribution is -2.43. The highest BCUT2D eigenvalue weighted by molar-refractivity contribution is 14.0. The minimum absolute atomic E-state index is 0. The summed E-state index contributed by atoms with van der Waals surface area (Å²) < 4.78 is 24.6. The molecule has 152 valence electrons. The molecule has 2 heterocycles. The van der Waals surface area contributed by atoms with E-state index in [4.69, 9.17) is 14.5 Å². The molecule has 0 aliphatic carbocycles. The van der Waals surface area contributed by atoms with E-state index in [1.807, 2.05) is 12.1 Å². The number of halogens is 2. The van der Waals surface area contributed by atoms with Gasteiger partial charge in [0.15, 0.2) is 5.96 Å². The molecule has 2 aliphatic rings. The maximum absolute atomic E-state index is 13.4. The van der Waals surface area contributed by atoms with Crippen LogP contribution in [0.1, 0.15) is 38.2 Å². The summed E-state index contributed by atoms with van der Waals surface area (Å²) in [5.41, 5.74) is 1.04. The van der Waals surface area contributed by atoms with Gasteiger partial charge in [-0.15, -0.1) is 24.0 Å². The minimum atomic E-state index is -0.203. The average Bonchev–Trinajstić information content (AvgIpc) is 3.19. The van der Waals surface area contributed by atoms with Crippen LogP contribution in [0.15, 0.2) is 29.3 Å². The Morgan fingerprint density at radius 3 is 2.56 bits per heavy atom. The van der Waals surface area contributed by atoms with E-state index >= 15 is 0 Å². The Balaban J connectivity index is 0.00000261. The second kappa shape index (κ2) is 11.2. The first-order chi connectivity index (χ1) is 12.7.